The molecule has 0 aromatic carbocycles. The monoisotopic (exact) mass is 252 g/mol. The minimum atomic E-state index is -2.92. The number of hydrogen-bond acceptors (Lipinski definition) is 5. The molecule has 0 aliphatic heterocycles. The van der Waals surface area contributed by atoms with Gasteiger partial charge in [-0.05, 0) is 12.1 Å². The molecular formula is C6H10N2O5P2+2. The Morgan fingerprint density at radius 1 is 1.27 bits per heavy atom. The van der Waals surface area contributed by atoms with Crippen molar-refractivity contribution < 1.29 is 23.2 Å². The zero-order chi connectivity index (χ0) is 11.7. The van der Waals surface area contributed by atoms with Crippen molar-refractivity contribution in [3.63, 3.8) is 0 Å². The van der Waals surface area contributed by atoms with Crippen LogP contribution in [0, 0.1) is 0 Å². The van der Waals surface area contributed by atoms with E-state index in [-0.39, 0.29) is 0 Å². The van der Waals surface area contributed by atoms with Gasteiger partial charge in [0.1, 0.15) is 0 Å². The fraction of sp³-hybridized carbons (Fsp3) is 0.167. The minimum Gasteiger partial charge on any atom is -0.388 e. The van der Waals surface area contributed by atoms with Crippen LogP contribution in [0.4, 0.5) is 5.69 Å². The first-order valence-corrected chi connectivity index (χ1v) is 5.90. The van der Waals surface area contributed by atoms with Crippen LogP contribution in [0.5, 0.6) is 0 Å². The number of rotatable bonds is 3. The molecule has 3 N–H and O–H groups in total. The molecule has 82 valence electrons. The summed E-state index contributed by atoms with van der Waals surface area (Å²) >= 11 is 0. The van der Waals surface area contributed by atoms with Crippen molar-refractivity contribution in [1.29, 1.82) is 0 Å². The van der Waals surface area contributed by atoms with E-state index in [1.165, 1.54) is 0 Å². The molecule has 0 saturated heterocycles. The van der Waals surface area contributed by atoms with E-state index >= 15 is 0 Å². The van der Waals surface area contributed by atoms with Crippen molar-refractivity contribution >= 4 is 22.2 Å². The van der Waals surface area contributed by atoms with E-state index in [9.17, 15) is 9.13 Å². The first-order chi connectivity index (χ1) is 7.06. The summed E-state index contributed by atoms with van der Waals surface area (Å²) in [5.74, 6) is 0. The highest BCUT2D eigenvalue weighted by atomic mass is 31.2. The van der Waals surface area contributed by atoms with E-state index in [0.29, 0.717) is 0 Å². The second kappa shape index (κ2) is 8.35. The third-order valence-electron chi connectivity index (χ3n) is 1.11. The molecule has 0 amide bonds. The molecule has 1 aromatic rings. The topological polar surface area (TPSA) is 109 Å². The van der Waals surface area contributed by atoms with Gasteiger partial charge in [0.15, 0.2) is 4.31 Å². The van der Waals surface area contributed by atoms with Crippen molar-refractivity contribution in [2.75, 3.05) is 12.4 Å². The number of hydrogen-bond donors (Lipinski definition) is 3. The van der Waals surface area contributed by atoms with Gasteiger partial charge in [0.25, 0.3) is 0 Å². The van der Waals surface area contributed by atoms with Crippen LogP contribution in [0.2, 0.25) is 0 Å². The SMILES string of the molecule is CNc1ccncc1.O=[P+](O)O[P+](=O)O. The predicted molar refractivity (Wildman–Crippen MR) is 54.5 cm³/mol. The lowest BCUT2D eigenvalue weighted by atomic mass is 10.4. The van der Waals surface area contributed by atoms with Gasteiger partial charge in [0.05, 0.1) is 0 Å². The second-order valence-corrected chi connectivity index (χ2v) is 3.65. The van der Waals surface area contributed by atoms with Crippen LogP contribution in [0.1, 0.15) is 0 Å². The average Bonchev–Trinajstić information content (AvgIpc) is 2.18. The molecule has 0 spiro atoms. The number of anilines is 1. The Bertz CT molecular complexity index is 309. The van der Waals surface area contributed by atoms with Crippen LogP contribution in [-0.2, 0) is 13.4 Å². The maximum atomic E-state index is 9.39. The molecule has 9 heteroatoms. The summed E-state index contributed by atoms with van der Waals surface area (Å²) in [6.07, 6.45) is 3.51. The molecule has 0 fully saturated rings. The predicted octanol–water partition coefficient (Wildman–Crippen LogP) is 1.43. The molecule has 1 heterocycles. The zero-order valence-electron chi connectivity index (χ0n) is 7.77. The number of aromatic nitrogens is 1. The molecule has 0 aliphatic rings. The fourth-order valence-corrected chi connectivity index (χ4v) is 1.06. The Labute approximate surface area is 88.0 Å². The summed E-state index contributed by atoms with van der Waals surface area (Å²) in [7, 11) is -3.96. The lowest BCUT2D eigenvalue weighted by Gasteiger charge is -1.93. The smallest absolute Gasteiger partial charge is 0.388 e. The number of nitrogens with one attached hydrogen (secondary N) is 1. The summed E-state index contributed by atoms with van der Waals surface area (Å²) < 4.78 is 22.2. The molecule has 0 radical (unpaired) electrons. The van der Waals surface area contributed by atoms with E-state index in [4.69, 9.17) is 9.79 Å². The van der Waals surface area contributed by atoms with E-state index in [0.717, 1.165) is 5.69 Å². The quantitative estimate of drug-likeness (QED) is 0.698. The molecule has 2 atom stereocenters. The van der Waals surface area contributed by atoms with E-state index in [1.807, 2.05) is 19.2 Å². The Morgan fingerprint density at radius 2 is 1.73 bits per heavy atom. The average molecular weight is 252 g/mol. The molecule has 0 aliphatic carbocycles. The molecular weight excluding hydrogens is 242 g/mol. The Balaban J connectivity index is 0.000000265. The molecule has 15 heavy (non-hydrogen) atoms. The molecule has 0 bridgehead atoms. The highest BCUT2D eigenvalue weighted by Crippen LogP contribution is 2.30. The van der Waals surface area contributed by atoms with Gasteiger partial charge in [0, 0.05) is 34.3 Å². The van der Waals surface area contributed by atoms with Crippen LogP contribution in [0.3, 0.4) is 0 Å². The molecule has 2 unspecified atom stereocenters. The fourth-order valence-electron chi connectivity index (χ4n) is 0.578. The van der Waals surface area contributed by atoms with Crippen LogP contribution in [0.25, 0.3) is 0 Å². The first kappa shape index (κ1) is 14.0. The summed E-state index contributed by atoms with van der Waals surface area (Å²) in [6.45, 7) is 0. The zero-order valence-corrected chi connectivity index (χ0v) is 9.56. The molecule has 0 saturated carbocycles. The van der Waals surface area contributed by atoms with Gasteiger partial charge in [-0.3, -0.25) is 4.98 Å². The summed E-state index contributed by atoms with van der Waals surface area (Å²) in [4.78, 5) is 19.2. The van der Waals surface area contributed by atoms with Crippen molar-refractivity contribution in [3.05, 3.63) is 24.5 Å². The van der Waals surface area contributed by atoms with Crippen LogP contribution >= 0.6 is 16.5 Å². The maximum Gasteiger partial charge on any atom is 0.745 e. The van der Waals surface area contributed by atoms with Gasteiger partial charge in [0.2, 0.25) is 0 Å². The molecule has 7 nitrogen and oxygen atoms in total. The van der Waals surface area contributed by atoms with Crippen LogP contribution in [0.15, 0.2) is 24.5 Å². The second-order valence-electron chi connectivity index (χ2n) is 2.04. The standard InChI is InChI=1S/C6H8N2.O5P2/c1-7-6-2-4-8-5-3-6;1-6(2)5-7(3)4/h2-5H,1H3,(H,7,8);/p+2. The summed E-state index contributed by atoms with van der Waals surface area (Å²) in [5.41, 5.74) is 1.10. The van der Waals surface area contributed by atoms with Gasteiger partial charge in [-0.25, -0.2) is 0 Å². The number of pyridine rings is 1. The lowest BCUT2D eigenvalue weighted by molar-refractivity contribution is 0.371. The van der Waals surface area contributed by atoms with Gasteiger partial charge in [-0.15, -0.1) is 9.79 Å². The van der Waals surface area contributed by atoms with Gasteiger partial charge in [-0.1, -0.05) is 0 Å². The first-order valence-electron chi connectivity index (χ1n) is 3.64. The molecule has 1 aromatic heterocycles. The van der Waals surface area contributed by atoms with Crippen LogP contribution in [-0.4, -0.2) is 21.8 Å². The van der Waals surface area contributed by atoms with Crippen molar-refractivity contribution in [2.45, 2.75) is 0 Å². The lowest BCUT2D eigenvalue weighted by Crippen LogP contribution is -1.85. The van der Waals surface area contributed by atoms with Gasteiger partial charge in [-0.2, -0.15) is 0 Å². The maximum absolute atomic E-state index is 9.39. The third-order valence-corrected chi connectivity index (χ3v) is 2.23. The van der Waals surface area contributed by atoms with E-state index in [1.54, 1.807) is 12.4 Å². The molecule has 1 rings (SSSR count). The highest BCUT2D eigenvalue weighted by molar-refractivity contribution is 7.46. The Morgan fingerprint density at radius 3 is 1.93 bits per heavy atom. The van der Waals surface area contributed by atoms with E-state index in [2.05, 4.69) is 14.6 Å². The highest BCUT2D eigenvalue weighted by Gasteiger charge is 2.31. The number of nitrogens with zero attached hydrogens (tertiary/aromatic N) is 1. The van der Waals surface area contributed by atoms with Crippen LogP contribution < -0.4 is 5.32 Å². The minimum absolute atomic E-state index is 1.10. The largest absolute Gasteiger partial charge is 0.745 e. The summed E-state index contributed by atoms with van der Waals surface area (Å²) in [6, 6.07) is 3.83. The van der Waals surface area contributed by atoms with Crippen molar-refractivity contribution in [2.24, 2.45) is 0 Å². The van der Waals surface area contributed by atoms with Crippen molar-refractivity contribution in [1.82, 2.24) is 4.98 Å². The van der Waals surface area contributed by atoms with Gasteiger partial charge >= 0.3 is 16.5 Å². The van der Waals surface area contributed by atoms with Gasteiger partial charge < -0.3 is 5.32 Å². The Hall–Kier alpha value is -0.970. The van der Waals surface area contributed by atoms with Crippen molar-refractivity contribution in [3.8, 4) is 0 Å². The Kier molecular flexibility index (Phi) is 7.81. The van der Waals surface area contributed by atoms with E-state index < -0.39 is 16.5 Å². The normalized spacial score (nSPS) is 10.9. The summed E-state index contributed by atoms with van der Waals surface area (Å²) in [5, 5.41) is 2.99. The third kappa shape index (κ3) is 9.34.